The van der Waals surface area contributed by atoms with E-state index in [0.717, 1.165) is 38.5 Å². The van der Waals surface area contributed by atoms with Crippen molar-refractivity contribution in [3.05, 3.63) is 0 Å². The van der Waals surface area contributed by atoms with Crippen LogP contribution in [0.15, 0.2) is 0 Å². The molecule has 4 saturated carbocycles. The number of rotatable bonds is 6. The lowest BCUT2D eigenvalue weighted by Crippen LogP contribution is -2.49. The minimum atomic E-state index is -0.558. The van der Waals surface area contributed by atoms with Gasteiger partial charge >= 0.3 is 17.9 Å². The Labute approximate surface area is 201 Å². The summed E-state index contributed by atoms with van der Waals surface area (Å²) in [5, 5.41) is 0. The largest absolute Gasteiger partial charge is 0.459 e. The van der Waals surface area contributed by atoms with Gasteiger partial charge in [-0.3, -0.25) is 19.3 Å². The third-order valence-corrected chi connectivity index (χ3v) is 9.64. The summed E-state index contributed by atoms with van der Waals surface area (Å²) in [5.74, 6) is -1.70. The molecule has 34 heavy (non-hydrogen) atoms. The molecule has 6 rings (SSSR count). The highest BCUT2D eigenvalue weighted by molar-refractivity contribution is 5.86. The van der Waals surface area contributed by atoms with Crippen LogP contribution in [-0.2, 0) is 33.3 Å². The van der Waals surface area contributed by atoms with Gasteiger partial charge in [0.25, 0.3) is 0 Å². The van der Waals surface area contributed by atoms with E-state index in [9.17, 15) is 14.4 Å². The van der Waals surface area contributed by atoms with Crippen molar-refractivity contribution in [2.24, 2.45) is 29.6 Å². The Balaban J connectivity index is 1.17. The van der Waals surface area contributed by atoms with Crippen LogP contribution < -0.4 is 0 Å². The zero-order valence-corrected chi connectivity index (χ0v) is 20.0. The van der Waals surface area contributed by atoms with E-state index >= 15 is 0 Å². The SMILES string of the molecule is O=C(CN1CCOCC1)OC1C2CC3C1OC(=O)C3C2C(=O)OC1(C2CCCC2)CCCCC1. The number of esters is 3. The third kappa shape index (κ3) is 3.85. The summed E-state index contributed by atoms with van der Waals surface area (Å²) in [4.78, 5) is 41.3. The van der Waals surface area contributed by atoms with E-state index in [1.165, 1.54) is 19.3 Å². The molecule has 0 N–H and O–H groups in total. The highest BCUT2D eigenvalue weighted by Crippen LogP contribution is 2.59. The minimum Gasteiger partial charge on any atom is -0.459 e. The molecule has 0 amide bonds. The highest BCUT2D eigenvalue weighted by atomic mass is 16.6. The Morgan fingerprint density at radius 1 is 1.00 bits per heavy atom. The van der Waals surface area contributed by atoms with Crippen LogP contribution in [-0.4, -0.2) is 73.5 Å². The van der Waals surface area contributed by atoms with Gasteiger partial charge in [-0.1, -0.05) is 19.3 Å². The average Bonchev–Trinajstić information content (AvgIpc) is 3.60. The van der Waals surface area contributed by atoms with Crippen LogP contribution in [0.2, 0.25) is 0 Å². The van der Waals surface area contributed by atoms with Gasteiger partial charge in [0.2, 0.25) is 0 Å². The smallest absolute Gasteiger partial charge is 0.320 e. The van der Waals surface area contributed by atoms with Gasteiger partial charge in [-0.05, 0) is 50.9 Å². The summed E-state index contributed by atoms with van der Waals surface area (Å²) in [6.07, 6.45) is 9.62. The predicted octanol–water partition coefficient (Wildman–Crippen LogP) is 2.47. The number of nitrogens with zero attached hydrogens (tertiary/aromatic N) is 1. The zero-order chi connectivity index (χ0) is 23.3. The highest BCUT2D eigenvalue weighted by Gasteiger charge is 2.70. The lowest BCUT2D eigenvalue weighted by atomic mass is 9.74. The van der Waals surface area contributed by atoms with E-state index in [1.807, 2.05) is 4.90 Å². The van der Waals surface area contributed by atoms with E-state index < -0.39 is 24.0 Å². The molecule has 0 radical (unpaired) electrons. The van der Waals surface area contributed by atoms with Gasteiger partial charge < -0.3 is 18.9 Å². The molecular formula is C26H37NO7. The minimum absolute atomic E-state index is 0.0509. The van der Waals surface area contributed by atoms with Crippen molar-refractivity contribution in [2.75, 3.05) is 32.8 Å². The third-order valence-electron chi connectivity index (χ3n) is 9.64. The monoisotopic (exact) mass is 475 g/mol. The van der Waals surface area contributed by atoms with Crippen molar-refractivity contribution in [1.82, 2.24) is 4.90 Å². The van der Waals surface area contributed by atoms with E-state index in [0.29, 0.717) is 38.6 Å². The fourth-order valence-electron chi connectivity index (χ4n) is 8.06. The second kappa shape index (κ2) is 9.08. The van der Waals surface area contributed by atoms with Crippen molar-refractivity contribution >= 4 is 17.9 Å². The molecule has 6 unspecified atom stereocenters. The predicted molar refractivity (Wildman–Crippen MR) is 119 cm³/mol. The Morgan fingerprint density at radius 3 is 2.47 bits per heavy atom. The molecule has 2 heterocycles. The maximum Gasteiger partial charge on any atom is 0.320 e. The normalized spacial score (nSPS) is 39.2. The Bertz CT molecular complexity index is 812. The summed E-state index contributed by atoms with van der Waals surface area (Å²) < 4.78 is 23.4. The maximum absolute atomic E-state index is 13.8. The molecule has 8 nitrogen and oxygen atoms in total. The summed E-state index contributed by atoms with van der Waals surface area (Å²) in [6.45, 7) is 2.82. The zero-order valence-electron chi connectivity index (χ0n) is 20.0. The van der Waals surface area contributed by atoms with Crippen LogP contribution in [0, 0.1) is 29.6 Å². The van der Waals surface area contributed by atoms with E-state index in [-0.39, 0.29) is 41.9 Å². The van der Waals surface area contributed by atoms with Crippen LogP contribution in [0.25, 0.3) is 0 Å². The number of carbonyl (C=O) groups is 3. The molecular weight excluding hydrogens is 438 g/mol. The first-order valence-electron chi connectivity index (χ1n) is 13.5. The van der Waals surface area contributed by atoms with Gasteiger partial charge in [0, 0.05) is 24.9 Å². The van der Waals surface area contributed by atoms with Gasteiger partial charge in [-0.2, -0.15) is 0 Å². The fraction of sp³-hybridized carbons (Fsp3) is 0.885. The van der Waals surface area contributed by atoms with Gasteiger partial charge in [-0.15, -0.1) is 0 Å². The van der Waals surface area contributed by atoms with Crippen LogP contribution in [0.5, 0.6) is 0 Å². The standard InChI is InChI=1S/C26H37NO7/c28-19(15-27-10-12-31-13-11-27)32-22-18-14-17-20(24(29)33-23(17)22)21(18)25(30)34-26(8-4-1-5-9-26)16-6-2-3-7-16/h16-18,20-23H,1-15H2. The van der Waals surface area contributed by atoms with E-state index in [1.54, 1.807) is 0 Å². The second-order valence-corrected chi connectivity index (χ2v) is 11.4. The molecule has 2 bridgehead atoms. The summed E-state index contributed by atoms with van der Waals surface area (Å²) in [6, 6.07) is 0. The number of ether oxygens (including phenoxy) is 4. The Morgan fingerprint density at radius 2 is 1.74 bits per heavy atom. The number of hydrogen-bond donors (Lipinski definition) is 0. The molecule has 6 atom stereocenters. The first-order chi connectivity index (χ1) is 16.6. The molecule has 8 heteroatoms. The second-order valence-electron chi connectivity index (χ2n) is 11.4. The van der Waals surface area contributed by atoms with Crippen molar-refractivity contribution < 1.29 is 33.3 Å². The molecule has 0 aromatic rings. The van der Waals surface area contributed by atoms with Gasteiger partial charge in [0.1, 0.15) is 17.8 Å². The lowest BCUT2D eigenvalue weighted by Gasteiger charge is -2.43. The molecule has 4 aliphatic carbocycles. The molecule has 188 valence electrons. The number of morpholine rings is 1. The van der Waals surface area contributed by atoms with Gasteiger partial charge in [0.15, 0.2) is 0 Å². The van der Waals surface area contributed by atoms with Crippen molar-refractivity contribution in [3.63, 3.8) is 0 Å². The molecule has 0 aromatic heterocycles. The van der Waals surface area contributed by atoms with Crippen LogP contribution in [0.4, 0.5) is 0 Å². The summed E-state index contributed by atoms with van der Waals surface area (Å²) >= 11 is 0. The molecule has 2 aliphatic heterocycles. The molecule has 2 saturated heterocycles. The topological polar surface area (TPSA) is 91.4 Å². The van der Waals surface area contributed by atoms with Crippen molar-refractivity contribution in [1.29, 1.82) is 0 Å². The molecule has 6 aliphatic rings. The number of hydrogen-bond acceptors (Lipinski definition) is 8. The molecule has 0 aromatic carbocycles. The first-order valence-corrected chi connectivity index (χ1v) is 13.5. The number of carbonyl (C=O) groups excluding carboxylic acids is 3. The Kier molecular flexibility index (Phi) is 6.08. The summed E-state index contributed by atoms with van der Waals surface area (Å²) in [7, 11) is 0. The van der Waals surface area contributed by atoms with Crippen LogP contribution >= 0.6 is 0 Å². The average molecular weight is 476 g/mol. The summed E-state index contributed by atoms with van der Waals surface area (Å²) in [5.41, 5.74) is -0.377. The molecule has 6 fully saturated rings. The quantitative estimate of drug-likeness (QED) is 0.427. The van der Waals surface area contributed by atoms with Gasteiger partial charge in [-0.25, -0.2) is 0 Å². The van der Waals surface area contributed by atoms with Crippen molar-refractivity contribution in [2.45, 2.75) is 82.0 Å². The lowest BCUT2D eigenvalue weighted by molar-refractivity contribution is -0.184. The van der Waals surface area contributed by atoms with Crippen molar-refractivity contribution in [3.8, 4) is 0 Å². The van der Waals surface area contributed by atoms with Crippen LogP contribution in [0.3, 0.4) is 0 Å². The number of fused-ring (bicyclic) bond motifs is 1. The Hall–Kier alpha value is -1.67. The van der Waals surface area contributed by atoms with E-state index in [4.69, 9.17) is 18.9 Å². The molecule has 0 spiro atoms. The van der Waals surface area contributed by atoms with E-state index in [2.05, 4.69) is 0 Å². The van der Waals surface area contributed by atoms with Gasteiger partial charge in [0.05, 0.1) is 31.6 Å². The maximum atomic E-state index is 13.8. The van der Waals surface area contributed by atoms with Crippen LogP contribution in [0.1, 0.15) is 64.2 Å². The fourth-order valence-corrected chi connectivity index (χ4v) is 8.06. The first kappa shape index (κ1) is 22.8.